The van der Waals surface area contributed by atoms with Gasteiger partial charge in [0.2, 0.25) is 0 Å². The zero-order chi connectivity index (χ0) is 27.5. The lowest BCUT2D eigenvalue weighted by atomic mass is 10.1. The van der Waals surface area contributed by atoms with Crippen LogP contribution in [0, 0.1) is 6.92 Å². The number of hydrogen-bond acceptors (Lipinski definition) is 6. The van der Waals surface area contributed by atoms with E-state index < -0.39 is 11.8 Å². The lowest BCUT2D eigenvalue weighted by Crippen LogP contribution is -2.48. The van der Waals surface area contributed by atoms with Gasteiger partial charge in [0.25, 0.3) is 17.7 Å². The van der Waals surface area contributed by atoms with Gasteiger partial charge in [-0.2, -0.15) is 0 Å². The molecule has 0 unspecified atom stereocenters. The molecule has 3 aromatic carbocycles. The molecule has 2 aliphatic heterocycles. The Bertz CT molecular complexity index is 1450. The van der Waals surface area contributed by atoms with E-state index in [4.69, 9.17) is 16.3 Å². The van der Waals surface area contributed by atoms with Crippen molar-refractivity contribution in [3.63, 3.8) is 0 Å². The van der Waals surface area contributed by atoms with E-state index in [-0.39, 0.29) is 16.6 Å². The van der Waals surface area contributed by atoms with Gasteiger partial charge >= 0.3 is 0 Å². The van der Waals surface area contributed by atoms with E-state index in [1.54, 1.807) is 36.4 Å². The highest BCUT2D eigenvalue weighted by atomic mass is 35.5. The van der Waals surface area contributed by atoms with Crippen molar-refractivity contribution >= 4 is 40.7 Å². The van der Waals surface area contributed by atoms with Crippen LogP contribution in [-0.2, 0) is 16.1 Å². The predicted molar refractivity (Wildman–Crippen MR) is 151 cm³/mol. The molecule has 39 heavy (non-hydrogen) atoms. The normalized spacial score (nSPS) is 16.2. The summed E-state index contributed by atoms with van der Waals surface area (Å²) in [5.41, 5.74) is 3.35. The van der Waals surface area contributed by atoms with Crippen molar-refractivity contribution < 1.29 is 19.1 Å². The minimum absolute atomic E-state index is 0.0515. The van der Waals surface area contributed by atoms with E-state index in [9.17, 15) is 14.4 Å². The first kappa shape index (κ1) is 26.5. The molecule has 8 nitrogen and oxygen atoms in total. The van der Waals surface area contributed by atoms with Crippen LogP contribution in [-0.4, -0.2) is 60.8 Å². The van der Waals surface area contributed by atoms with Gasteiger partial charge in [-0.3, -0.25) is 19.3 Å². The van der Waals surface area contributed by atoms with Crippen LogP contribution in [0.15, 0.2) is 83.5 Å². The van der Waals surface area contributed by atoms with E-state index >= 15 is 0 Å². The Kier molecular flexibility index (Phi) is 7.67. The molecule has 2 aliphatic rings. The zero-order valence-corrected chi connectivity index (χ0v) is 22.6. The molecule has 0 aromatic heterocycles. The van der Waals surface area contributed by atoms with Crippen LogP contribution in [0.3, 0.4) is 0 Å². The molecule has 0 radical (unpaired) electrons. The van der Waals surface area contributed by atoms with Crippen molar-refractivity contribution in [2.75, 3.05) is 43.5 Å². The molecule has 1 saturated heterocycles. The number of imide groups is 1. The predicted octanol–water partition coefficient (Wildman–Crippen LogP) is 4.40. The summed E-state index contributed by atoms with van der Waals surface area (Å²) in [4.78, 5) is 44.7. The van der Waals surface area contributed by atoms with Gasteiger partial charge in [-0.25, -0.2) is 4.90 Å². The third-order valence-corrected chi connectivity index (χ3v) is 7.24. The summed E-state index contributed by atoms with van der Waals surface area (Å²) in [7, 11) is 1.47. The number of methoxy groups -OCH3 is 1. The van der Waals surface area contributed by atoms with Gasteiger partial charge in [0.15, 0.2) is 0 Å². The number of carbonyl (C=O) groups is 3. The lowest BCUT2D eigenvalue weighted by molar-refractivity contribution is -0.120. The van der Waals surface area contributed by atoms with Crippen molar-refractivity contribution in [3.8, 4) is 5.75 Å². The fraction of sp³-hybridized carbons (Fsp3) is 0.233. The summed E-state index contributed by atoms with van der Waals surface area (Å²) in [5.74, 6) is -0.948. The molecular weight excluding hydrogens is 516 g/mol. The molecule has 1 N–H and O–H groups in total. The van der Waals surface area contributed by atoms with E-state index in [2.05, 4.69) is 22.3 Å². The molecule has 0 bridgehead atoms. The van der Waals surface area contributed by atoms with Crippen molar-refractivity contribution in [3.05, 3.63) is 100 Å². The number of piperazine rings is 1. The van der Waals surface area contributed by atoms with Crippen LogP contribution < -0.4 is 15.0 Å². The Balaban J connectivity index is 1.27. The zero-order valence-electron chi connectivity index (χ0n) is 21.8. The monoisotopic (exact) mass is 544 g/mol. The number of nitrogens with one attached hydrogen (secondary N) is 1. The average Bonchev–Trinajstić information content (AvgIpc) is 3.16. The first-order valence-corrected chi connectivity index (χ1v) is 13.1. The molecule has 3 aromatic rings. The fourth-order valence-electron chi connectivity index (χ4n) is 4.81. The van der Waals surface area contributed by atoms with Crippen LogP contribution in [0.2, 0.25) is 0 Å². The third-order valence-electron chi connectivity index (χ3n) is 6.89. The van der Waals surface area contributed by atoms with Gasteiger partial charge in [0.1, 0.15) is 16.5 Å². The standard InChI is InChI=1S/C30H29ClN4O4/c1-20-11-12-25(39-2)24(17-20)35-29(37)26(31)27(30(35)38)32-23-10-6-9-22(18-23)28(36)34-15-13-33(14-16-34)19-21-7-4-3-5-8-21/h3-12,17-18,32H,13-16,19H2,1-2H3. The Labute approximate surface area is 232 Å². The van der Waals surface area contributed by atoms with Gasteiger partial charge in [-0.1, -0.05) is 54.1 Å². The summed E-state index contributed by atoms with van der Waals surface area (Å²) >= 11 is 6.33. The highest BCUT2D eigenvalue weighted by molar-refractivity contribution is 6.53. The number of carbonyl (C=O) groups excluding carboxylic acids is 3. The lowest BCUT2D eigenvalue weighted by Gasteiger charge is -2.34. The van der Waals surface area contributed by atoms with Gasteiger partial charge in [0, 0.05) is 44.0 Å². The van der Waals surface area contributed by atoms with Gasteiger partial charge in [-0.05, 0) is 48.4 Å². The van der Waals surface area contributed by atoms with Crippen LogP contribution in [0.5, 0.6) is 5.75 Å². The first-order chi connectivity index (χ1) is 18.9. The number of benzene rings is 3. The maximum absolute atomic E-state index is 13.3. The summed E-state index contributed by atoms with van der Waals surface area (Å²) in [6.07, 6.45) is 0. The smallest absolute Gasteiger partial charge is 0.283 e. The van der Waals surface area contributed by atoms with Gasteiger partial charge in [-0.15, -0.1) is 0 Å². The minimum atomic E-state index is -0.645. The number of hydrogen-bond donors (Lipinski definition) is 1. The second kappa shape index (κ2) is 11.3. The van der Waals surface area contributed by atoms with Crippen molar-refractivity contribution in [2.24, 2.45) is 0 Å². The Morgan fingerprint density at radius 3 is 2.38 bits per heavy atom. The van der Waals surface area contributed by atoms with Gasteiger partial charge in [0.05, 0.1) is 12.8 Å². The van der Waals surface area contributed by atoms with Crippen LogP contribution in [0.4, 0.5) is 11.4 Å². The van der Waals surface area contributed by atoms with Crippen molar-refractivity contribution in [1.29, 1.82) is 0 Å². The average molecular weight is 545 g/mol. The molecule has 3 amide bonds. The number of nitrogens with zero attached hydrogens (tertiary/aromatic N) is 3. The molecule has 0 spiro atoms. The van der Waals surface area contributed by atoms with E-state index in [0.717, 1.165) is 30.1 Å². The molecule has 2 heterocycles. The number of anilines is 2. The summed E-state index contributed by atoms with van der Waals surface area (Å²) in [5, 5.41) is 2.74. The SMILES string of the molecule is COc1ccc(C)cc1N1C(=O)C(Cl)=C(Nc2cccc(C(=O)N3CCN(Cc4ccccc4)CC3)c2)C1=O. The molecule has 0 saturated carbocycles. The largest absolute Gasteiger partial charge is 0.495 e. The molecule has 5 rings (SSSR count). The molecule has 1 fully saturated rings. The van der Waals surface area contributed by atoms with Gasteiger partial charge < -0.3 is 15.0 Å². The number of rotatable bonds is 7. The Hall–Kier alpha value is -4.14. The Morgan fingerprint density at radius 1 is 0.923 bits per heavy atom. The molecule has 0 atom stereocenters. The number of amides is 3. The van der Waals surface area contributed by atoms with Crippen molar-refractivity contribution in [2.45, 2.75) is 13.5 Å². The number of ether oxygens (including phenoxy) is 1. The molecule has 200 valence electrons. The summed E-state index contributed by atoms with van der Waals surface area (Å²) in [6, 6.07) is 22.4. The Morgan fingerprint density at radius 2 is 1.67 bits per heavy atom. The van der Waals surface area contributed by atoms with Crippen LogP contribution in [0.25, 0.3) is 0 Å². The third kappa shape index (κ3) is 5.53. The molecule has 9 heteroatoms. The summed E-state index contributed by atoms with van der Waals surface area (Å²) in [6.45, 7) is 5.54. The summed E-state index contributed by atoms with van der Waals surface area (Å²) < 4.78 is 5.36. The van der Waals surface area contributed by atoms with E-state index in [1.807, 2.05) is 36.1 Å². The number of aryl methyl sites for hydroxylation is 1. The topological polar surface area (TPSA) is 82.2 Å². The second-order valence-corrected chi connectivity index (χ2v) is 9.95. The first-order valence-electron chi connectivity index (χ1n) is 12.7. The molecular formula is C30H29ClN4O4. The van der Waals surface area contributed by atoms with Crippen LogP contribution in [0.1, 0.15) is 21.5 Å². The minimum Gasteiger partial charge on any atom is -0.495 e. The van der Waals surface area contributed by atoms with E-state index in [0.29, 0.717) is 35.8 Å². The quantitative estimate of drug-likeness (QED) is 0.444. The highest BCUT2D eigenvalue weighted by Crippen LogP contribution is 2.36. The fourth-order valence-corrected chi connectivity index (χ4v) is 5.03. The van der Waals surface area contributed by atoms with Crippen molar-refractivity contribution in [1.82, 2.24) is 9.80 Å². The van der Waals surface area contributed by atoms with E-state index in [1.165, 1.54) is 12.7 Å². The molecule has 0 aliphatic carbocycles. The number of halogens is 1. The van der Waals surface area contributed by atoms with Crippen LogP contribution >= 0.6 is 11.6 Å². The second-order valence-electron chi connectivity index (χ2n) is 9.57. The maximum Gasteiger partial charge on any atom is 0.283 e. The maximum atomic E-state index is 13.3. The highest BCUT2D eigenvalue weighted by Gasteiger charge is 2.40.